The lowest BCUT2D eigenvalue weighted by Gasteiger charge is -2.41. The molecule has 94 heavy (non-hydrogen) atoms. The number of aromatic nitrogens is 4. The highest BCUT2D eigenvalue weighted by Gasteiger charge is 2.77. The number of Topliss-reactive ketones (excluding diaryl/α,β-unsaturated/α-hetero) is 2. The molecule has 17 N–H and O–H groups in total. The number of thioether (sulfide) groups is 1. The maximum absolute atomic E-state index is 13.9. The minimum absolute atomic E-state index is 0.00614. The van der Waals surface area contributed by atoms with E-state index in [0.717, 1.165) is 4.90 Å². The van der Waals surface area contributed by atoms with Gasteiger partial charge in [0.15, 0.2) is 28.6 Å². The number of fused-ring (bicyclic) bond motifs is 5. The van der Waals surface area contributed by atoms with Crippen molar-refractivity contribution < 1.29 is 87.1 Å². The first kappa shape index (κ1) is 69.3. The first-order chi connectivity index (χ1) is 44.6. The second-order valence-corrected chi connectivity index (χ2v) is 23.7. The van der Waals surface area contributed by atoms with E-state index in [1.54, 1.807) is 9.80 Å². The Kier molecular flexibility index (Phi) is 21.6. The SMILES string of the molecule is COC1=C(C)C(=O)C2=C(C1=O)[C@H](CCC(N)=O)[C@]1(OC)C3C(CN21)N3C(=O)CCCN1C(=O)CC(SCC(NC(=O)[C@@H](CC(=O)O)NC(=O)[C@@H](CCCN=C(N)N)NC(=O)CC[C@@H](NC(=O)c2ccc(NCc3cnc4nc(N)[nH]c(=O)c4n3)cc2)C(=O)O)C(=O)O)C1=O. The molecule has 6 heterocycles. The Morgan fingerprint density at radius 3 is 2.18 bits per heavy atom. The fourth-order valence-electron chi connectivity index (χ4n) is 11.9. The number of aromatic amines is 1. The van der Waals surface area contributed by atoms with Crippen molar-refractivity contribution in [3.05, 3.63) is 74.7 Å². The highest BCUT2D eigenvalue weighted by molar-refractivity contribution is 8.00. The number of guanidine groups is 1. The molecular formula is C57H69N17O19S. The summed E-state index contributed by atoms with van der Waals surface area (Å²) >= 11 is 0.698. The van der Waals surface area contributed by atoms with Gasteiger partial charge < -0.3 is 84.1 Å². The number of amides is 8. The van der Waals surface area contributed by atoms with Crippen molar-refractivity contribution in [1.82, 2.24) is 55.9 Å². The van der Waals surface area contributed by atoms with Gasteiger partial charge in [0, 0.05) is 86.5 Å². The molecule has 4 unspecified atom stereocenters. The number of carbonyl (C=O) groups is 13. The fourth-order valence-corrected chi connectivity index (χ4v) is 13.1. The van der Waals surface area contributed by atoms with Crippen molar-refractivity contribution in [3.63, 3.8) is 0 Å². The first-order valence-electron chi connectivity index (χ1n) is 29.4. The molecule has 36 nitrogen and oxygen atoms in total. The maximum atomic E-state index is 13.9. The van der Waals surface area contributed by atoms with E-state index in [-0.39, 0.29) is 128 Å². The molecule has 8 rings (SSSR count). The molecule has 0 bridgehead atoms. The van der Waals surface area contributed by atoms with Gasteiger partial charge in [-0.15, -0.1) is 11.8 Å². The molecule has 3 aromatic rings. The van der Waals surface area contributed by atoms with Gasteiger partial charge in [-0.2, -0.15) is 4.98 Å². The Morgan fingerprint density at radius 2 is 1.53 bits per heavy atom. The molecule has 0 radical (unpaired) electrons. The number of nitrogens with two attached hydrogens (primary N) is 4. The third kappa shape index (κ3) is 15.1. The number of rotatable bonds is 33. The van der Waals surface area contributed by atoms with Gasteiger partial charge in [0.05, 0.1) is 49.0 Å². The van der Waals surface area contributed by atoms with Crippen molar-refractivity contribution in [2.24, 2.45) is 28.1 Å². The van der Waals surface area contributed by atoms with Crippen LogP contribution in [0.15, 0.2) is 62.9 Å². The van der Waals surface area contributed by atoms with E-state index in [1.165, 1.54) is 51.6 Å². The first-order valence-corrected chi connectivity index (χ1v) is 30.4. The van der Waals surface area contributed by atoms with Crippen molar-refractivity contribution in [3.8, 4) is 0 Å². The van der Waals surface area contributed by atoms with Crippen molar-refractivity contribution in [2.45, 2.75) is 125 Å². The number of imide groups is 1. The Bertz CT molecular complexity index is 3780. The number of allylic oxidation sites excluding steroid dienone is 2. The van der Waals surface area contributed by atoms with Crippen LogP contribution in [0.5, 0.6) is 0 Å². The van der Waals surface area contributed by atoms with Gasteiger partial charge in [0.1, 0.15) is 30.2 Å². The Morgan fingerprint density at radius 1 is 0.840 bits per heavy atom. The number of benzene rings is 1. The van der Waals surface area contributed by atoms with Crippen LogP contribution in [0.4, 0.5) is 11.6 Å². The fraction of sp³-hybridized carbons (Fsp3) is 0.474. The van der Waals surface area contributed by atoms with Crippen molar-refractivity contribution in [2.75, 3.05) is 50.7 Å². The molecule has 5 aliphatic rings. The number of ether oxygens (including phenoxy) is 2. The third-order valence-corrected chi connectivity index (χ3v) is 17.7. The van der Waals surface area contributed by atoms with Crippen LogP contribution in [0.25, 0.3) is 11.2 Å². The summed E-state index contributed by atoms with van der Waals surface area (Å²) in [5, 5.41) is 40.9. The number of carboxylic acid groups (broad SMARTS) is 3. The number of nitrogens with zero attached hydrogens (tertiary/aromatic N) is 7. The topological polar surface area (TPSA) is 559 Å². The zero-order valence-corrected chi connectivity index (χ0v) is 51.7. The second-order valence-electron chi connectivity index (χ2n) is 22.5. The number of carbonyl (C=O) groups excluding carboxylic acids is 10. The Labute approximate surface area is 536 Å². The summed E-state index contributed by atoms with van der Waals surface area (Å²) in [6.07, 6.45) is -1.76. The lowest BCUT2D eigenvalue weighted by Crippen LogP contribution is -2.56. The van der Waals surface area contributed by atoms with Crippen LogP contribution in [0.2, 0.25) is 0 Å². The summed E-state index contributed by atoms with van der Waals surface area (Å²) in [6, 6.07) is -2.34. The summed E-state index contributed by atoms with van der Waals surface area (Å²) in [6.45, 7) is 1.39. The quantitative estimate of drug-likeness (QED) is 0.00691. The van der Waals surface area contributed by atoms with Gasteiger partial charge in [-0.1, -0.05) is 0 Å². The van der Waals surface area contributed by atoms with Crippen molar-refractivity contribution in [1.29, 1.82) is 0 Å². The number of piperazine rings is 1. The van der Waals surface area contributed by atoms with Gasteiger partial charge in [-0.25, -0.2) is 19.6 Å². The van der Waals surface area contributed by atoms with Crippen molar-refractivity contribution >= 4 is 117 Å². The van der Waals surface area contributed by atoms with Gasteiger partial charge in [-0.3, -0.25) is 72.4 Å². The molecule has 4 aliphatic heterocycles. The normalized spacial score (nSPS) is 20.7. The minimum Gasteiger partial charge on any atom is -0.492 e. The number of hydrogen-bond donors (Lipinski definition) is 13. The number of aliphatic carboxylic acids is 3. The summed E-state index contributed by atoms with van der Waals surface area (Å²) in [5.41, 5.74) is 21.1. The lowest BCUT2D eigenvalue weighted by molar-refractivity contribution is -0.151. The Hall–Kier alpha value is -10.6. The van der Waals surface area contributed by atoms with E-state index in [9.17, 15) is 82.4 Å². The molecule has 1 aliphatic carbocycles. The van der Waals surface area contributed by atoms with E-state index in [0.29, 0.717) is 23.1 Å². The predicted octanol–water partition coefficient (Wildman–Crippen LogP) is -3.96. The molecule has 2 aromatic heterocycles. The van der Waals surface area contributed by atoms with Gasteiger partial charge >= 0.3 is 17.9 Å². The number of anilines is 2. The van der Waals surface area contributed by atoms with E-state index in [4.69, 9.17) is 32.4 Å². The maximum Gasteiger partial charge on any atom is 0.327 e. The van der Waals surface area contributed by atoms with Gasteiger partial charge in [0.2, 0.25) is 58.9 Å². The highest BCUT2D eigenvalue weighted by Crippen LogP contribution is 2.61. The van der Waals surface area contributed by atoms with Gasteiger partial charge in [0.25, 0.3) is 11.5 Å². The molecular weight excluding hydrogens is 1260 g/mol. The smallest absolute Gasteiger partial charge is 0.327 e. The average Bonchev–Trinajstić information content (AvgIpc) is 1.49. The lowest BCUT2D eigenvalue weighted by atomic mass is 9.80. The number of hydrogen-bond acceptors (Lipinski definition) is 24. The number of nitrogen functional groups attached to an aromatic ring is 1. The van der Waals surface area contributed by atoms with Crippen LogP contribution in [0.1, 0.15) is 87.2 Å². The van der Waals surface area contributed by atoms with Crippen LogP contribution in [-0.4, -0.2) is 219 Å². The molecule has 9 atom stereocenters. The largest absolute Gasteiger partial charge is 0.492 e. The predicted molar refractivity (Wildman–Crippen MR) is 326 cm³/mol. The summed E-state index contributed by atoms with van der Waals surface area (Å²) in [7, 11) is 2.64. The highest BCUT2D eigenvalue weighted by atomic mass is 32.2. The van der Waals surface area contributed by atoms with Crippen LogP contribution in [0, 0.1) is 5.92 Å². The molecule has 3 saturated heterocycles. The van der Waals surface area contributed by atoms with Gasteiger partial charge in [-0.05, 0) is 63.3 Å². The van der Waals surface area contributed by atoms with E-state index in [1.807, 2.05) is 0 Å². The van der Waals surface area contributed by atoms with E-state index >= 15 is 0 Å². The van der Waals surface area contributed by atoms with E-state index in [2.05, 4.69) is 51.5 Å². The molecule has 502 valence electrons. The molecule has 8 amide bonds. The molecule has 0 saturated carbocycles. The zero-order valence-electron chi connectivity index (χ0n) is 50.8. The number of methoxy groups -OCH3 is 2. The number of nitrogens with one attached hydrogen (secondary N) is 6. The summed E-state index contributed by atoms with van der Waals surface area (Å²) in [5.74, 6) is -14.4. The number of H-pyrrole nitrogens is 1. The molecule has 3 fully saturated rings. The number of carboxylic acids is 3. The molecule has 1 aromatic carbocycles. The standard InChI is InChI=1S/C57H69N17O19S/c1-24-43(81)42-40(44(82)45(24)92-2)28(12-14-35(58)75)57(93-3)46-33(22-73(42)57)74(46)37(77)7-5-17-72-38(78)19-34(52(72)87)94-23-32(54(90)91)69-50(85)31(18-39(79)80)68-49(84)29(6-4-16-62-55(59)60)66-36(76)15-13-30(53(88)89)67-48(83)25-8-10-26(11-9-25)63-20-27-21-64-47-41(65-27)51(86)71-56(61)70-47/h8-11,21,28-34,46,63H,4-7,12-20,22-23H2,1-3H3,(H2,58,75)(H,66,76)(H,67,83)(H,68,84)(H,69,85)(H,79,80)(H,88,89)(H,90,91)(H4,59,60,62)(H3,61,64,70,71,86)/t28-,29+,30+,31+,32?,33?,34?,46?,57-,74?/m0/s1. The number of primary amides is 1. The second kappa shape index (κ2) is 29.4. The number of aliphatic imine (C=N–C) groups is 1. The third-order valence-electron chi connectivity index (χ3n) is 16.4. The average molecular weight is 1330 g/mol. The minimum atomic E-state index is -1.98. The van der Waals surface area contributed by atoms with Crippen LogP contribution in [0.3, 0.4) is 0 Å². The van der Waals surface area contributed by atoms with Crippen LogP contribution in [-0.2, 0) is 73.6 Å². The van der Waals surface area contributed by atoms with E-state index < -0.39 is 155 Å². The summed E-state index contributed by atoms with van der Waals surface area (Å²) < 4.78 is 11.5. The van der Waals surface area contributed by atoms with Crippen LogP contribution < -0.4 is 55.1 Å². The monoisotopic (exact) mass is 1330 g/mol. The Balaban J connectivity index is 0.819. The number of ketones is 2. The molecule has 0 spiro atoms. The zero-order chi connectivity index (χ0) is 68.6. The number of likely N-dealkylation sites (tertiary alicyclic amines) is 1. The molecule has 37 heteroatoms. The summed E-state index contributed by atoms with van der Waals surface area (Å²) in [4.78, 5) is 206. The van der Waals surface area contributed by atoms with Crippen LogP contribution >= 0.6 is 11.8 Å².